The lowest BCUT2D eigenvalue weighted by atomic mass is 10.2. The van der Waals surface area contributed by atoms with Crippen molar-refractivity contribution in [2.45, 2.75) is 26.4 Å². The SMILES string of the molecule is CC(C)(C)OC(=O)NC(=O)C=O. The van der Waals surface area contributed by atoms with Crippen LogP contribution in [-0.2, 0) is 14.3 Å². The molecule has 2 amide bonds. The molecule has 12 heavy (non-hydrogen) atoms. The summed E-state index contributed by atoms with van der Waals surface area (Å²) in [4.78, 5) is 30.8. The molecule has 0 aliphatic heterocycles. The predicted octanol–water partition coefficient (Wildman–Crippen LogP) is 0.237. The predicted molar refractivity (Wildman–Crippen MR) is 40.4 cm³/mol. The fraction of sp³-hybridized carbons (Fsp3) is 0.571. The molecule has 0 aromatic carbocycles. The van der Waals surface area contributed by atoms with Crippen molar-refractivity contribution in [3.8, 4) is 0 Å². The van der Waals surface area contributed by atoms with Gasteiger partial charge in [0.15, 0.2) is 0 Å². The van der Waals surface area contributed by atoms with E-state index in [0.717, 1.165) is 0 Å². The number of aldehydes is 1. The lowest BCUT2D eigenvalue weighted by Gasteiger charge is -2.18. The molecule has 0 saturated carbocycles. The highest BCUT2D eigenvalue weighted by molar-refractivity contribution is 6.27. The Labute approximate surface area is 70.1 Å². The van der Waals surface area contributed by atoms with Gasteiger partial charge < -0.3 is 4.74 Å². The van der Waals surface area contributed by atoms with Gasteiger partial charge in [-0.2, -0.15) is 0 Å². The van der Waals surface area contributed by atoms with Crippen LogP contribution in [0.25, 0.3) is 0 Å². The molecule has 1 N–H and O–H groups in total. The number of rotatable bonds is 1. The van der Waals surface area contributed by atoms with E-state index in [2.05, 4.69) is 4.74 Å². The topological polar surface area (TPSA) is 72.5 Å². The quantitative estimate of drug-likeness (QED) is 0.455. The van der Waals surface area contributed by atoms with E-state index in [0.29, 0.717) is 0 Å². The van der Waals surface area contributed by atoms with Crippen LogP contribution in [0, 0.1) is 0 Å². The minimum absolute atomic E-state index is 0.00389. The van der Waals surface area contributed by atoms with E-state index in [1.165, 1.54) is 0 Å². The van der Waals surface area contributed by atoms with Crippen LogP contribution in [0.3, 0.4) is 0 Å². The van der Waals surface area contributed by atoms with Gasteiger partial charge in [0, 0.05) is 0 Å². The minimum Gasteiger partial charge on any atom is -0.444 e. The molecule has 0 bridgehead atoms. The highest BCUT2D eigenvalue weighted by Crippen LogP contribution is 2.05. The van der Waals surface area contributed by atoms with Crippen molar-refractivity contribution >= 4 is 18.3 Å². The van der Waals surface area contributed by atoms with Crippen LogP contribution in [-0.4, -0.2) is 23.9 Å². The molecule has 0 atom stereocenters. The molecular weight excluding hydrogens is 162 g/mol. The Morgan fingerprint density at radius 2 is 1.83 bits per heavy atom. The van der Waals surface area contributed by atoms with E-state index in [1.807, 2.05) is 0 Å². The van der Waals surface area contributed by atoms with E-state index in [1.54, 1.807) is 26.1 Å². The summed E-state index contributed by atoms with van der Waals surface area (Å²) >= 11 is 0. The van der Waals surface area contributed by atoms with Gasteiger partial charge in [0.1, 0.15) is 5.60 Å². The molecule has 0 spiro atoms. The Balaban J connectivity index is 3.91. The number of alkyl carbamates (subject to hydrolysis) is 1. The molecule has 0 radical (unpaired) electrons. The summed E-state index contributed by atoms with van der Waals surface area (Å²) in [6.45, 7) is 4.95. The standard InChI is InChI=1S/C7H11NO4/c1-7(2,3)12-6(11)8-5(10)4-9/h4H,1-3H3,(H,8,10,11). The van der Waals surface area contributed by atoms with E-state index < -0.39 is 17.6 Å². The summed E-state index contributed by atoms with van der Waals surface area (Å²) in [7, 11) is 0. The molecule has 68 valence electrons. The second kappa shape index (κ2) is 3.85. The molecule has 0 aromatic rings. The molecule has 0 fully saturated rings. The fourth-order valence-electron chi connectivity index (χ4n) is 0.434. The number of carbonyl (C=O) groups excluding carboxylic acids is 3. The summed E-state index contributed by atoms with van der Waals surface area (Å²) < 4.78 is 4.68. The molecule has 0 saturated heterocycles. The Kier molecular flexibility index (Phi) is 3.40. The fourth-order valence-corrected chi connectivity index (χ4v) is 0.434. The van der Waals surface area contributed by atoms with Gasteiger partial charge in [0.25, 0.3) is 5.91 Å². The third-order valence-corrected chi connectivity index (χ3v) is 0.731. The van der Waals surface area contributed by atoms with Gasteiger partial charge >= 0.3 is 6.09 Å². The van der Waals surface area contributed by atoms with Gasteiger partial charge in [-0.25, -0.2) is 4.79 Å². The number of imide groups is 1. The molecule has 0 aliphatic carbocycles. The van der Waals surface area contributed by atoms with Crippen molar-refractivity contribution in [1.82, 2.24) is 5.32 Å². The average Bonchev–Trinajstić information content (AvgIpc) is 1.82. The molecule has 0 rings (SSSR count). The van der Waals surface area contributed by atoms with Crippen LogP contribution in [0.5, 0.6) is 0 Å². The maximum Gasteiger partial charge on any atom is 0.414 e. The number of amides is 2. The van der Waals surface area contributed by atoms with Gasteiger partial charge in [-0.3, -0.25) is 14.9 Å². The van der Waals surface area contributed by atoms with E-state index >= 15 is 0 Å². The zero-order valence-electron chi connectivity index (χ0n) is 7.21. The first-order valence-corrected chi connectivity index (χ1v) is 3.34. The third-order valence-electron chi connectivity index (χ3n) is 0.731. The first kappa shape index (κ1) is 10.6. The normalized spacial score (nSPS) is 10.2. The smallest absolute Gasteiger partial charge is 0.414 e. The van der Waals surface area contributed by atoms with Gasteiger partial charge in [0.05, 0.1) is 0 Å². The zero-order valence-corrected chi connectivity index (χ0v) is 7.21. The number of nitrogens with one attached hydrogen (secondary N) is 1. The Morgan fingerprint density at radius 3 is 2.17 bits per heavy atom. The highest BCUT2D eigenvalue weighted by atomic mass is 16.6. The molecule has 0 aliphatic rings. The van der Waals surface area contributed by atoms with Crippen LogP contribution in [0.4, 0.5) is 4.79 Å². The van der Waals surface area contributed by atoms with Crippen molar-refractivity contribution in [3.63, 3.8) is 0 Å². The van der Waals surface area contributed by atoms with Crippen LogP contribution < -0.4 is 5.32 Å². The summed E-state index contributed by atoms with van der Waals surface area (Å²) in [6, 6.07) is 0. The largest absolute Gasteiger partial charge is 0.444 e. The Morgan fingerprint density at radius 1 is 1.33 bits per heavy atom. The van der Waals surface area contributed by atoms with Crippen molar-refractivity contribution in [2.75, 3.05) is 0 Å². The first-order chi connectivity index (χ1) is 5.35. The second-order valence-electron chi connectivity index (χ2n) is 3.11. The Hall–Kier alpha value is -1.39. The van der Waals surface area contributed by atoms with E-state index in [-0.39, 0.29) is 6.29 Å². The summed E-state index contributed by atoms with van der Waals surface area (Å²) in [5.41, 5.74) is -0.673. The maximum absolute atomic E-state index is 10.7. The zero-order chi connectivity index (χ0) is 9.78. The summed E-state index contributed by atoms with van der Waals surface area (Å²) in [5.74, 6) is -1.01. The lowest BCUT2D eigenvalue weighted by Crippen LogP contribution is -2.36. The molecule has 5 heteroatoms. The highest BCUT2D eigenvalue weighted by Gasteiger charge is 2.17. The summed E-state index contributed by atoms with van der Waals surface area (Å²) in [5, 5.41) is 1.72. The number of carbonyl (C=O) groups is 3. The second-order valence-corrected chi connectivity index (χ2v) is 3.11. The monoisotopic (exact) mass is 173 g/mol. The van der Waals surface area contributed by atoms with E-state index in [4.69, 9.17) is 0 Å². The van der Waals surface area contributed by atoms with Crippen molar-refractivity contribution < 1.29 is 19.1 Å². The van der Waals surface area contributed by atoms with Crippen LogP contribution in [0.15, 0.2) is 0 Å². The maximum atomic E-state index is 10.7. The minimum atomic E-state index is -1.01. The van der Waals surface area contributed by atoms with Gasteiger partial charge in [0.2, 0.25) is 6.29 Å². The van der Waals surface area contributed by atoms with Gasteiger partial charge in [-0.15, -0.1) is 0 Å². The number of ether oxygens (including phenoxy) is 1. The van der Waals surface area contributed by atoms with Crippen molar-refractivity contribution in [2.24, 2.45) is 0 Å². The average molecular weight is 173 g/mol. The van der Waals surface area contributed by atoms with Crippen molar-refractivity contribution in [1.29, 1.82) is 0 Å². The van der Waals surface area contributed by atoms with E-state index in [9.17, 15) is 14.4 Å². The van der Waals surface area contributed by atoms with Crippen LogP contribution in [0.1, 0.15) is 20.8 Å². The molecular formula is C7H11NO4. The number of hydrogen-bond donors (Lipinski definition) is 1. The molecule has 0 aromatic heterocycles. The first-order valence-electron chi connectivity index (χ1n) is 3.34. The lowest BCUT2D eigenvalue weighted by molar-refractivity contribution is -0.131. The van der Waals surface area contributed by atoms with Crippen molar-refractivity contribution in [3.05, 3.63) is 0 Å². The third kappa shape index (κ3) is 5.40. The summed E-state index contributed by atoms with van der Waals surface area (Å²) in [6.07, 6.45) is -0.913. The molecule has 5 nitrogen and oxygen atoms in total. The Bertz CT molecular complexity index is 204. The van der Waals surface area contributed by atoms with Crippen LogP contribution in [0.2, 0.25) is 0 Å². The number of hydrogen-bond acceptors (Lipinski definition) is 4. The van der Waals surface area contributed by atoms with Gasteiger partial charge in [-0.1, -0.05) is 0 Å². The molecule has 0 heterocycles. The van der Waals surface area contributed by atoms with Gasteiger partial charge in [-0.05, 0) is 20.8 Å². The molecule has 0 unspecified atom stereocenters. The van der Waals surface area contributed by atoms with Crippen LogP contribution >= 0.6 is 0 Å².